The van der Waals surface area contributed by atoms with Gasteiger partial charge >= 0.3 is 13.9 Å². The van der Waals surface area contributed by atoms with Crippen LogP contribution >= 0.6 is 7.94 Å². The molecule has 210 valence electrons. The van der Waals surface area contributed by atoms with Gasteiger partial charge in [0.25, 0.3) is 5.69 Å². The fraction of sp³-hybridized carbons (Fsp3) is 0.556. The van der Waals surface area contributed by atoms with Gasteiger partial charge in [0.2, 0.25) is 5.30 Å². The number of hydrogen-bond acceptors (Lipinski definition) is 9. The maximum Gasteiger partial charge on any atom is 0.449 e. The average molecular weight is 552 g/mol. The number of rotatable bonds is 15. The van der Waals surface area contributed by atoms with Crippen LogP contribution in [0.1, 0.15) is 75.6 Å². The third kappa shape index (κ3) is 8.01. The first-order chi connectivity index (χ1) is 18.0. The number of nitrogens with zero attached hydrogens (tertiary/aromatic N) is 2. The molecule has 0 radical (unpaired) electrons. The number of aromatic nitrogens is 1. The molecule has 1 aromatic heterocycles. The number of benzene rings is 1. The number of non-ortho nitro benzene ring substituents is 1. The second-order valence-electron chi connectivity index (χ2n) is 9.11. The average Bonchev–Trinajstić information content (AvgIpc) is 2.87. The van der Waals surface area contributed by atoms with Crippen molar-refractivity contribution in [3.05, 3.63) is 51.3 Å². The quantitative estimate of drug-likeness (QED) is 0.0949. The largest absolute Gasteiger partial charge is 0.460 e. The summed E-state index contributed by atoms with van der Waals surface area (Å²) in [6, 6.07) is 5.89. The van der Waals surface area contributed by atoms with Crippen molar-refractivity contribution in [2.75, 3.05) is 19.8 Å². The lowest BCUT2D eigenvalue weighted by molar-refractivity contribution is -0.384. The topological polar surface area (TPSA) is 130 Å². The van der Waals surface area contributed by atoms with Crippen LogP contribution in [0.25, 0.3) is 11.1 Å². The van der Waals surface area contributed by atoms with E-state index in [0.717, 1.165) is 6.42 Å². The van der Waals surface area contributed by atoms with Crippen molar-refractivity contribution in [3.63, 3.8) is 0 Å². The molecule has 38 heavy (non-hydrogen) atoms. The molecule has 0 aliphatic carbocycles. The molecule has 11 heteroatoms. The normalized spacial score (nSPS) is 14.5. The van der Waals surface area contributed by atoms with Gasteiger partial charge in [-0.2, -0.15) is 13.9 Å². The van der Waals surface area contributed by atoms with Crippen molar-refractivity contribution < 1.29 is 33.1 Å². The molecule has 0 bridgehead atoms. The van der Waals surface area contributed by atoms with Crippen LogP contribution in [0.2, 0.25) is 0 Å². The fourth-order valence-electron chi connectivity index (χ4n) is 3.77. The highest BCUT2D eigenvalue weighted by Gasteiger charge is 2.52. The Labute approximate surface area is 225 Å². The molecule has 0 fully saturated rings. The van der Waals surface area contributed by atoms with Crippen LogP contribution in [0, 0.1) is 24.0 Å². The number of carbonyl (C=O) groups excluding carboxylic acids is 1. The molecule has 1 heterocycles. The van der Waals surface area contributed by atoms with Crippen molar-refractivity contribution in [2.24, 2.45) is 0 Å². The molecule has 0 saturated carbocycles. The number of carbonyl (C=O) groups is 1. The lowest BCUT2D eigenvalue weighted by atomic mass is 9.97. The second-order valence-corrected chi connectivity index (χ2v) is 11.0. The molecule has 2 aromatic rings. The molecule has 1 N–H and O–H groups in total. The molecule has 0 amide bonds. The third-order valence-electron chi connectivity index (χ3n) is 5.96. The van der Waals surface area contributed by atoms with Gasteiger partial charge in [0.15, 0.2) is 0 Å². The monoisotopic (exact) mass is 551 g/mol. The first-order valence-electron chi connectivity index (χ1n) is 13.0. The van der Waals surface area contributed by atoms with Crippen LogP contribution in [0.3, 0.4) is 0 Å². The predicted molar refractivity (Wildman–Crippen MR) is 148 cm³/mol. The minimum absolute atomic E-state index is 0.0159. The van der Waals surface area contributed by atoms with Crippen molar-refractivity contribution in [1.82, 2.24) is 4.98 Å². The molecule has 2 rings (SSSR count). The highest BCUT2D eigenvalue weighted by atomic mass is 31.2. The first-order valence-corrected chi connectivity index (χ1v) is 14.6. The highest BCUT2D eigenvalue weighted by Crippen LogP contribution is 2.60. The van der Waals surface area contributed by atoms with Gasteiger partial charge in [-0.1, -0.05) is 32.9 Å². The van der Waals surface area contributed by atoms with Crippen LogP contribution in [0.15, 0.2) is 24.3 Å². The lowest BCUT2D eigenvalue weighted by Gasteiger charge is -2.26. The van der Waals surface area contributed by atoms with Gasteiger partial charge in [-0.25, -0.2) is 4.79 Å². The molecule has 1 aromatic carbocycles. The van der Waals surface area contributed by atoms with E-state index >= 15 is 0 Å². The van der Waals surface area contributed by atoms with Gasteiger partial charge in [0.1, 0.15) is 18.8 Å². The Hall–Kier alpha value is -2.49. The zero-order valence-electron chi connectivity index (χ0n) is 23.4. The summed E-state index contributed by atoms with van der Waals surface area (Å²) in [5, 5.41) is 11.8. The highest BCUT2D eigenvalue weighted by molar-refractivity contribution is 7.69. The second kappa shape index (κ2) is 14.6. The standard InChI is InChI=1S/C27H40N2O8P/c1-8-14-34-15-16-35-27(30)24-20(6)28-21(7)26(25(24)22-12-11-13-23(17-22)29(31)32)38(33,36-18(4)9-2)37-19(5)10-3/h11-13,17-19,33H,8-10,14-16H2,1-7H3/q+1. The van der Waals surface area contributed by atoms with Crippen molar-refractivity contribution in [2.45, 2.75) is 79.9 Å². The zero-order valence-corrected chi connectivity index (χ0v) is 24.2. The lowest BCUT2D eigenvalue weighted by Crippen LogP contribution is -2.30. The van der Waals surface area contributed by atoms with Gasteiger partial charge in [0.05, 0.1) is 34.0 Å². The molecule has 0 saturated heterocycles. The summed E-state index contributed by atoms with van der Waals surface area (Å²) < 4.78 is 23.3. The van der Waals surface area contributed by atoms with Crippen molar-refractivity contribution in [1.29, 1.82) is 0 Å². The summed E-state index contributed by atoms with van der Waals surface area (Å²) in [6.07, 6.45) is 1.29. The Morgan fingerprint density at radius 1 is 1.05 bits per heavy atom. The summed E-state index contributed by atoms with van der Waals surface area (Å²) in [5.74, 6) is -0.684. The molecule has 0 spiro atoms. The molecule has 2 unspecified atom stereocenters. The number of nitro groups is 1. The van der Waals surface area contributed by atoms with Gasteiger partial charge < -0.3 is 9.47 Å². The molecule has 2 atom stereocenters. The molecule has 10 nitrogen and oxygen atoms in total. The van der Waals surface area contributed by atoms with Gasteiger partial charge in [-0.15, -0.1) is 0 Å². The Balaban J connectivity index is 2.84. The van der Waals surface area contributed by atoms with Crippen LogP contribution in [-0.2, 0) is 18.5 Å². The molecular formula is C27H40N2O8P+. The molecule has 0 aliphatic heterocycles. The van der Waals surface area contributed by atoms with Crippen LogP contribution in [0.4, 0.5) is 5.69 Å². The Morgan fingerprint density at radius 3 is 2.24 bits per heavy atom. The van der Waals surface area contributed by atoms with E-state index in [1.54, 1.807) is 19.9 Å². The molecule has 0 aliphatic rings. The smallest absolute Gasteiger partial charge is 0.449 e. The summed E-state index contributed by atoms with van der Waals surface area (Å²) in [7, 11) is -3.84. The summed E-state index contributed by atoms with van der Waals surface area (Å²) in [4.78, 5) is 41.2. The number of hydrogen-bond donors (Lipinski definition) is 1. The Morgan fingerprint density at radius 2 is 1.68 bits per heavy atom. The summed E-state index contributed by atoms with van der Waals surface area (Å²) >= 11 is 0. The Bertz CT molecular complexity index is 1100. The maximum atomic E-state index is 13.5. The third-order valence-corrected chi connectivity index (χ3v) is 8.37. The van der Waals surface area contributed by atoms with Crippen molar-refractivity contribution >= 4 is 24.9 Å². The van der Waals surface area contributed by atoms with E-state index in [1.165, 1.54) is 18.2 Å². The van der Waals surface area contributed by atoms with Gasteiger partial charge in [0, 0.05) is 18.7 Å². The minimum atomic E-state index is -3.84. The number of pyridine rings is 1. The zero-order chi connectivity index (χ0) is 28.5. The van der Waals surface area contributed by atoms with E-state index in [9.17, 15) is 19.8 Å². The summed E-state index contributed by atoms with van der Waals surface area (Å²) in [5.41, 5.74) is 1.26. The number of ether oxygens (including phenoxy) is 2. The van der Waals surface area contributed by atoms with E-state index in [-0.39, 0.29) is 47.5 Å². The van der Waals surface area contributed by atoms with Gasteiger partial charge in [-0.3, -0.25) is 15.1 Å². The van der Waals surface area contributed by atoms with Gasteiger partial charge in [-0.05, 0) is 52.5 Å². The first kappa shape index (κ1) is 31.7. The van der Waals surface area contributed by atoms with E-state index in [0.29, 0.717) is 36.4 Å². The van der Waals surface area contributed by atoms with Crippen molar-refractivity contribution in [3.8, 4) is 11.1 Å². The van der Waals surface area contributed by atoms with E-state index in [2.05, 4.69) is 4.98 Å². The van der Waals surface area contributed by atoms with Crippen LogP contribution in [0.5, 0.6) is 0 Å². The Kier molecular flexibility index (Phi) is 12.2. The predicted octanol–water partition coefficient (Wildman–Crippen LogP) is 5.87. The summed E-state index contributed by atoms with van der Waals surface area (Å²) in [6.45, 7) is 13.6. The van der Waals surface area contributed by atoms with E-state index < -0.39 is 18.8 Å². The maximum absolute atomic E-state index is 13.5. The number of esters is 1. The fourth-order valence-corrected chi connectivity index (χ4v) is 6.29. The number of nitro benzene ring substituents is 1. The minimum Gasteiger partial charge on any atom is -0.460 e. The van der Waals surface area contributed by atoms with Crippen LogP contribution in [-0.4, -0.2) is 52.8 Å². The SMILES string of the molecule is CCCOCCOC(=O)c1c(C)nc(C)c([P+](O)(OC(C)CC)OC(C)CC)c1-c1cccc([N+](=O)[O-])c1. The van der Waals surface area contributed by atoms with E-state index in [1.807, 2.05) is 34.6 Å². The van der Waals surface area contributed by atoms with E-state index in [4.69, 9.17) is 18.5 Å². The molecular weight excluding hydrogens is 511 g/mol. The number of aryl methyl sites for hydroxylation is 2. The van der Waals surface area contributed by atoms with Crippen LogP contribution < -0.4 is 5.30 Å².